The van der Waals surface area contributed by atoms with Crippen molar-refractivity contribution in [1.29, 1.82) is 5.26 Å². The zero-order chi connectivity index (χ0) is 18.1. The lowest BCUT2D eigenvalue weighted by Gasteiger charge is -2.31. The molecule has 1 N–H and O–H groups in total. The lowest BCUT2D eigenvalue weighted by Crippen LogP contribution is -2.40. The minimum atomic E-state index is -0.407. The van der Waals surface area contributed by atoms with E-state index in [-0.39, 0.29) is 12.5 Å². The maximum Gasteiger partial charge on any atom is 0.410 e. The van der Waals surface area contributed by atoms with Crippen LogP contribution in [0.5, 0.6) is 0 Å². The second kappa shape index (κ2) is 9.67. The summed E-state index contributed by atoms with van der Waals surface area (Å²) in [5, 5.41) is 11.4. The second-order valence-corrected chi connectivity index (χ2v) is 6.36. The quantitative estimate of drug-likeness (QED) is 0.860. The topological polar surface area (TPSA) is 82.4 Å². The number of nitrogens with zero attached hydrogens (tertiary/aromatic N) is 2. The molecule has 2 amide bonds. The molecule has 0 aliphatic carbocycles. The fourth-order valence-electron chi connectivity index (χ4n) is 3.09. The molecule has 0 bridgehead atoms. The largest absolute Gasteiger partial charge is 0.439 e. The number of nitrogens with one attached hydrogen (secondary N) is 1. The van der Waals surface area contributed by atoms with Gasteiger partial charge in [0.25, 0.3) is 5.91 Å². The third-order valence-corrected chi connectivity index (χ3v) is 4.61. The first-order valence-corrected chi connectivity index (χ1v) is 8.73. The molecule has 1 fully saturated rings. The van der Waals surface area contributed by atoms with Gasteiger partial charge in [-0.1, -0.05) is 12.1 Å². The normalized spacial score (nSPS) is 14.6. The van der Waals surface area contributed by atoms with E-state index in [0.717, 1.165) is 32.1 Å². The molecule has 25 heavy (non-hydrogen) atoms. The number of benzene rings is 1. The first-order valence-electron chi connectivity index (χ1n) is 8.73. The zero-order valence-electron chi connectivity index (χ0n) is 14.7. The molecule has 0 saturated carbocycles. The van der Waals surface area contributed by atoms with Crippen molar-refractivity contribution in [2.24, 2.45) is 5.92 Å². The summed E-state index contributed by atoms with van der Waals surface area (Å²) in [7, 11) is 1.51. The summed E-state index contributed by atoms with van der Waals surface area (Å²) < 4.78 is 4.98. The van der Waals surface area contributed by atoms with E-state index in [4.69, 9.17) is 10.00 Å². The van der Waals surface area contributed by atoms with Gasteiger partial charge in [-0.2, -0.15) is 5.26 Å². The number of nitriles is 1. The summed E-state index contributed by atoms with van der Waals surface area (Å²) in [6.45, 7) is 1.14. The van der Waals surface area contributed by atoms with Crippen LogP contribution in [-0.2, 0) is 16.0 Å². The van der Waals surface area contributed by atoms with E-state index >= 15 is 0 Å². The third-order valence-electron chi connectivity index (χ3n) is 4.61. The first kappa shape index (κ1) is 18.8. The van der Waals surface area contributed by atoms with Gasteiger partial charge in [-0.25, -0.2) is 4.79 Å². The predicted molar refractivity (Wildman–Crippen MR) is 93.8 cm³/mol. The van der Waals surface area contributed by atoms with Crippen LogP contribution in [0.3, 0.4) is 0 Å². The Labute approximate surface area is 148 Å². The molecule has 1 aliphatic rings. The molecular weight excluding hydrogens is 318 g/mol. The molecule has 6 heteroatoms. The summed E-state index contributed by atoms with van der Waals surface area (Å²) >= 11 is 0. The van der Waals surface area contributed by atoms with Crippen LogP contribution in [-0.4, -0.2) is 43.6 Å². The smallest absolute Gasteiger partial charge is 0.410 e. The number of carbonyl (C=O) groups is 2. The number of carbonyl (C=O) groups excluding carboxylic acids is 2. The molecule has 1 aromatic rings. The number of ether oxygens (including phenoxy) is 1. The van der Waals surface area contributed by atoms with E-state index in [0.29, 0.717) is 24.6 Å². The highest BCUT2D eigenvalue weighted by Crippen LogP contribution is 2.23. The lowest BCUT2D eigenvalue weighted by molar-refractivity contribution is -0.123. The molecule has 1 aliphatic heterocycles. The predicted octanol–water partition coefficient (Wildman–Crippen LogP) is 2.48. The van der Waals surface area contributed by atoms with E-state index in [9.17, 15) is 9.59 Å². The number of amides is 2. The fraction of sp³-hybridized carbons (Fsp3) is 0.526. The van der Waals surface area contributed by atoms with Gasteiger partial charge in [0.05, 0.1) is 11.6 Å². The van der Waals surface area contributed by atoms with Gasteiger partial charge in [0.1, 0.15) is 0 Å². The van der Waals surface area contributed by atoms with E-state index in [2.05, 4.69) is 17.5 Å². The Bertz CT molecular complexity index is 631. The molecule has 1 heterocycles. The third kappa shape index (κ3) is 6.11. The van der Waals surface area contributed by atoms with E-state index < -0.39 is 6.09 Å². The Morgan fingerprint density at radius 1 is 1.36 bits per heavy atom. The zero-order valence-corrected chi connectivity index (χ0v) is 14.7. The van der Waals surface area contributed by atoms with Crippen LogP contribution in [0.25, 0.3) is 0 Å². The van der Waals surface area contributed by atoms with Gasteiger partial charge in [0.15, 0.2) is 6.61 Å². The van der Waals surface area contributed by atoms with Gasteiger partial charge >= 0.3 is 6.09 Å². The Hall–Kier alpha value is -2.55. The summed E-state index contributed by atoms with van der Waals surface area (Å²) in [6.07, 6.45) is 4.71. The number of aryl methyl sites for hydroxylation is 1. The molecule has 0 aromatic heterocycles. The maximum atomic E-state index is 11.9. The van der Waals surface area contributed by atoms with Crippen LogP contribution in [0.2, 0.25) is 0 Å². The minimum absolute atomic E-state index is 0.225. The SMILES string of the molecule is CNC(=O)COC(=O)N1CCC(CCCc2cccc(C#N)c2)CC1. The monoisotopic (exact) mass is 343 g/mol. The van der Waals surface area contributed by atoms with Crippen LogP contribution < -0.4 is 5.32 Å². The van der Waals surface area contributed by atoms with Crippen LogP contribution >= 0.6 is 0 Å². The highest BCUT2D eigenvalue weighted by Gasteiger charge is 2.23. The van der Waals surface area contributed by atoms with E-state index in [1.54, 1.807) is 4.90 Å². The summed E-state index contributed by atoms with van der Waals surface area (Å²) in [6, 6.07) is 9.93. The molecule has 1 saturated heterocycles. The summed E-state index contributed by atoms with van der Waals surface area (Å²) in [5.41, 5.74) is 1.91. The highest BCUT2D eigenvalue weighted by molar-refractivity contribution is 5.79. The lowest BCUT2D eigenvalue weighted by atomic mass is 9.91. The molecule has 134 valence electrons. The number of hydrogen-bond acceptors (Lipinski definition) is 4. The first-order chi connectivity index (χ1) is 12.1. The van der Waals surface area contributed by atoms with Gasteiger partial charge in [-0.05, 0) is 55.7 Å². The van der Waals surface area contributed by atoms with Gasteiger partial charge in [-0.3, -0.25) is 4.79 Å². The molecule has 0 radical (unpaired) electrons. The molecule has 0 unspecified atom stereocenters. The van der Waals surface area contributed by atoms with Crippen molar-refractivity contribution in [3.63, 3.8) is 0 Å². The Morgan fingerprint density at radius 2 is 2.12 bits per heavy atom. The maximum absolute atomic E-state index is 11.9. The Balaban J connectivity index is 1.66. The summed E-state index contributed by atoms with van der Waals surface area (Å²) in [4.78, 5) is 24.7. The van der Waals surface area contributed by atoms with E-state index in [1.165, 1.54) is 12.6 Å². The molecule has 2 rings (SSSR count). The van der Waals surface area contributed by atoms with Crippen molar-refractivity contribution in [3.8, 4) is 6.07 Å². The van der Waals surface area contributed by atoms with Gasteiger partial charge in [0, 0.05) is 20.1 Å². The molecule has 0 atom stereocenters. The van der Waals surface area contributed by atoms with Crippen molar-refractivity contribution < 1.29 is 14.3 Å². The average Bonchev–Trinajstić information content (AvgIpc) is 2.66. The van der Waals surface area contributed by atoms with Crippen molar-refractivity contribution in [2.75, 3.05) is 26.7 Å². The van der Waals surface area contributed by atoms with Gasteiger partial charge < -0.3 is 15.0 Å². The number of hydrogen-bond donors (Lipinski definition) is 1. The summed E-state index contributed by atoms with van der Waals surface area (Å²) in [5.74, 6) is 0.311. The van der Waals surface area contributed by atoms with Crippen molar-refractivity contribution in [1.82, 2.24) is 10.2 Å². The van der Waals surface area contributed by atoms with Crippen LogP contribution in [0.4, 0.5) is 4.79 Å². The van der Waals surface area contributed by atoms with Crippen molar-refractivity contribution >= 4 is 12.0 Å². The van der Waals surface area contributed by atoms with Crippen molar-refractivity contribution in [3.05, 3.63) is 35.4 Å². The number of rotatable bonds is 6. The van der Waals surface area contributed by atoms with Crippen LogP contribution in [0.1, 0.15) is 36.8 Å². The molecule has 0 spiro atoms. The molecule has 6 nitrogen and oxygen atoms in total. The number of piperidine rings is 1. The van der Waals surface area contributed by atoms with Gasteiger partial charge in [0.2, 0.25) is 0 Å². The Morgan fingerprint density at radius 3 is 2.80 bits per heavy atom. The Kier molecular flexibility index (Phi) is 7.27. The number of likely N-dealkylation sites (N-methyl/N-ethyl adjacent to an activating group) is 1. The average molecular weight is 343 g/mol. The second-order valence-electron chi connectivity index (χ2n) is 6.36. The molecular formula is C19H25N3O3. The van der Waals surface area contributed by atoms with Gasteiger partial charge in [-0.15, -0.1) is 0 Å². The highest BCUT2D eigenvalue weighted by atomic mass is 16.6. The number of likely N-dealkylation sites (tertiary alicyclic amines) is 1. The fourth-order valence-corrected chi connectivity index (χ4v) is 3.09. The molecule has 1 aromatic carbocycles. The standard InChI is InChI=1S/C19H25N3O3/c1-21-18(23)14-25-19(24)22-10-8-15(9-11-22)4-2-5-16-6-3-7-17(12-16)13-20/h3,6-7,12,15H,2,4-5,8-11,14H2,1H3,(H,21,23). The van der Waals surface area contributed by atoms with E-state index in [1.807, 2.05) is 18.2 Å². The van der Waals surface area contributed by atoms with Crippen molar-refractivity contribution in [2.45, 2.75) is 32.1 Å². The van der Waals surface area contributed by atoms with Crippen LogP contribution in [0, 0.1) is 17.2 Å². The van der Waals surface area contributed by atoms with Crippen LogP contribution in [0.15, 0.2) is 24.3 Å². The minimum Gasteiger partial charge on any atom is -0.439 e.